The Labute approximate surface area is 115 Å². The molecule has 0 amide bonds. The van der Waals surface area contributed by atoms with Gasteiger partial charge in [-0.3, -0.25) is 0 Å². The summed E-state index contributed by atoms with van der Waals surface area (Å²) >= 11 is 0. The maximum Gasteiger partial charge on any atom is 0.0588 e. The fraction of sp³-hybridized carbons (Fsp3) is 0.625. The standard InChI is InChI=1S/C16H24N2O/c1-2-14(17)12-5-3-4-6-15(12)18-9-11-7-8-16(19)13(11)10-18/h3-6,11,13-14,16,19H,2,7-10,17H2,1H3/t11?,13?,14-,16?/m1/s1. The van der Waals surface area contributed by atoms with E-state index in [4.69, 9.17) is 5.73 Å². The summed E-state index contributed by atoms with van der Waals surface area (Å²) < 4.78 is 0. The lowest BCUT2D eigenvalue weighted by Gasteiger charge is -2.25. The first-order chi connectivity index (χ1) is 9.20. The third-order valence-corrected chi connectivity index (χ3v) is 4.94. The molecule has 1 heterocycles. The fourth-order valence-electron chi connectivity index (χ4n) is 3.74. The minimum absolute atomic E-state index is 0.0954. The summed E-state index contributed by atoms with van der Waals surface area (Å²) in [5.41, 5.74) is 8.76. The minimum Gasteiger partial charge on any atom is -0.393 e. The molecule has 104 valence electrons. The molecule has 3 N–H and O–H groups in total. The van der Waals surface area contributed by atoms with Crippen LogP contribution in [0.1, 0.15) is 37.8 Å². The van der Waals surface area contributed by atoms with Crippen molar-refractivity contribution in [2.24, 2.45) is 17.6 Å². The van der Waals surface area contributed by atoms with Crippen molar-refractivity contribution < 1.29 is 5.11 Å². The van der Waals surface area contributed by atoms with Crippen molar-refractivity contribution in [3.63, 3.8) is 0 Å². The molecule has 0 radical (unpaired) electrons. The van der Waals surface area contributed by atoms with Gasteiger partial charge in [0.05, 0.1) is 6.10 Å². The van der Waals surface area contributed by atoms with Crippen LogP contribution in [0.5, 0.6) is 0 Å². The number of anilines is 1. The van der Waals surface area contributed by atoms with Crippen LogP contribution in [0.3, 0.4) is 0 Å². The lowest BCUT2D eigenvalue weighted by molar-refractivity contribution is 0.133. The van der Waals surface area contributed by atoms with Crippen LogP contribution in [-0.4, -0.2) is 24.3 Å². The van der Waals surface area contributed by atoms with Crippen molar-refractivity contribution in [2.75, 3.05) is 18.0 Å². The normalized spacial score (nSPS) is 31.5. The first-order valence-electron chi connectivity index (χ1n) is 7.48. The zero-order valence-electron chi connectivity index (χ0n) is 11.6. The van der Waals surface area contributed by atoms with E-state index in [9.17, 15) is 5.11 Å². The van der Waals surface area contributed by atoms with Crippen LogP contribution < -0.4 is 10.6 Å². The molecule has 3 rings (SSSR count). The minimum atomic E-state index is -0.0954. The van der Waals surface area contributed by atoms with Gasteiger partial charge in [-0.25, -0.2) is 0 Å². The molecule has 2 aliphatic rings. The van der Waals surface area contributed by atoms with Gasteiger partial charge in [-0.1, -0.05) is 25.1 Å². The van der Waals surface area contributed by atoms with Crippen molar-refractivity contribution in [1.29, 1.82) is 0 Å². The summed E-state index contributed by atoms with van der Waals surface area (Å²) in [6.45, 7) is 4.19. The molecule has 4 atom stereocenters. The number of nitrogens with zero attached hydrogens (tertiary/aromatic N) is 1. The average Bonchev–Trinajstić information content (AvgIpc) is 3.00. The second kappa shape index (κ2) is 5.14. The van der Waals surface area contributed by atoms with Crippen molar-refractivity contribution in [3.8, 4) is 0 Å². The number of para-hydroxylation sites is 1. The zero-order valence-corrected chi connectivity index (χ0v) is 11.6. The lowest BCUT2D eigenvalue weighted by Crippen LogP contribution is -2.26. The Morgan fingerprint density at radius 3 is 2.84 bits per heavy atom. The van der Waals surface area contributed by atoms with E-state index >= 15 is 0 Å². The Morgan fingerprint density at radius 1 is 1.32 bits per heavy atom. The molecule has 3 heteroatoms. The van der Waals surface area contributed by atoms with E-state index in [-0.39, 0.29) is 12.1 Å². The highest BCUT2D eigenvalue weighted by Crippen LogP contribution is 2.41. The van der Waals surface area contributed by atoms with Crippen LogP contribution in [-0.2, 0) is 0 Å². The molecule has 0 aromatic heterocycles. The van der Waals surface area contributed by atoms with Crippen molar-refractivity contribution in [1.82, 2.24) is 0 Å². The number of fused-ring (bicyclic) bond motifs is 1. The molecule has 1 aromatic rings. The van der Waals surface area contributed by atoms with E-state index < -0.39 is 0 Å². The third-order valence-electron chi connectivity index (χ3n) is 4.94. The number of aliphatic hydroxyl groups excluding tert-OH is 1. The number of hydrogen-bond acceptors (Lipinski definition) is 3. The molecule has 0 spiro atoms. The quantitative estimate of drug-likeness (QED) is 0.877. The molecule has 1 aromatic carbocycles. The summed E-state index contributed by atoms with van der Waals surface area (Å²) in [6, 6.07) is 8.60. The summed E-state index contributed by atoms with van der Waals surface area (Å²) in [6.07, 6.45) is 3.02. The van der Waals surface area contributed by atoms with E-state index in [0.717, 1.165) is 25.9 Å². The molecule has 3 unspecified atom stereocenters. The van der Waals surface area contributed by atoms with Gasteiger partial charge in [0.2, 0.25) is 0 Å². The highest BCUT2D eigenvalue weighted by atomic mass is 16.3. The number of hydrogen-bond donors (Lipinski definition) is 2. The summed E-state index contributed by atoms with van der Waals surface area (Å²) in [4.78, 5) is 2.43. The molecule has 3 nitrogen and oxygen atoms in total. The highest BCUT2D eigenvalue weighted by Gasteiger charge is 2.42. The highest BCUT2D eigenvalue weighted by molar-refractivity contribution is 5.56. The summed E-state index contributed by atoms with van der Waals surface area (Å²) in [7, 11) is 0. The smallest absolute Gasteiger partial charge is 0.0588 e. The Bertz CT molecular complexity index is 448. The number of rotatable bonds is 3. The molecule has 1 aliphatic carbocycles. The Morgan fingerprint density at radius 2 is 2.11 bits per heavy atom. The van der Waals surface area contributed by atoms with Gasteiger partial charge >= 0.3 is 0 Å². The lowest BCUT2D eigenvalue weighted by atomic mass is 10.00. The van der Waals surface area contributed by atoms with Crippen molar-refractivity contribution >= 4 is 5.69 Å². The summed E-state index contributed by atoms with van der Waals surface area (Å²) in [5.74, 6) is 1.13. The third kappa shape index (κ3) is 2.26. The fourth-order valence-corrected chi connectivity index (χ4v) is 3.74. The monoisotopic (exact) mass is 260 g/mol. The number of nitrogens with two attached hydrogens (primary N) is 1. The first-order valence-corrected chi connectivity index (χ1v) is 7.48. The van der Waals surface area contributed by atoms with Crippen molar-refractivity contribution in [3.05, 3.63) is 29.8 Å². The van der Waals surface area contributed by atoms with Gasteiger partial charge in [-0.15, -0.1) is 0 Å². The van der Waals surface area contributed by atoms with E-state index in [0.29, 0.717) is 11.8 Å². The maximum atomic E-state index is 10.0. The van der Waals surface area contributed by atoms with E-state index in [1.54, 1.807) is 0 Å². The van der Waals surface area contributed by atoms with Crippen LogP contribution in [0, 0.1) is 11.8 Å². The Kier molecular flexibility index (Phi) is 3.50. The van der Waals surface area contributed by atoms with E-state index in [1.165, 1.54) is 17.7 Å². The molecule has 1 saturated heterocycles. The molecule has 0 bridgehead atoms. The molecule has 19 heavy (non-hydrogen) atoms. The van der Waals surface area contributed by atoms with Gasteiger partial charge in [0.1, 0.15) is 0 Å². The van der Waals surface area contributed by atoms with Crippen LogP contribution in [0.4, 0.5) is 5.69 Å². The average molecular weight is 260 g/mol. The topological polar surface area (TPSA) is 49.5 Å². The second-order valence-electron chi connectivity index (χ2n) is 6.05. The van der Waals surface area contributed by atoms with Gasteiger partial charge in [0, 0.05) is 30.7 Å². The Balaban J connectivity index is 1.84. The number of benzene rings is 1. The SMILES string of the molecule is CC[C@@H](N)c1ccccc1N1CC2CCC(O)C2C1. The van der Waals surface area contributed by atoms with Gasteiger partial charge < -0.3 is 15.7 Å². The molecule has 2 fully saturated rings. The van der Waals surface area contributed by atoms with Gasteiger partial charge in [0.15, 0.2) is 0 Å². The maximum absolute atomic E-state index is 10.0. The second-order valence-corrected chi connectivity index (χ2v) is 6.05. The Hall–Kier alpha value is -1.06. The van der Waals surface area contributed by atoms with E-state index in [2.05, 4.69) is 36.1 Å². The predicted molar refractivity (Wildman–Crippen MR) is 78.1 cm³/mol. The molecule has 1 aliphatic heterocycles. The van der Waals surface area contributed by atoms with E-state index in [1.807, 2.05) is 0 Å². The van der Waals surface area contributed by atoms with Gasteiger partial charge in [-0.05, 0) is 36.8 Å². The predicted octanol–water partition coefficient (Wildman–Crippen LogP) is 2.30. The van der Waals surface area contributed by atoms with Crippen LogP contribution in [0.2, 0.25) is 0 Å². The number of aliphatic hydroxyl groups is 1. The summed E-state index contributed by atoms with van der Waals surface area (Å²) in [5, 5.41) is 10.0. The molecular weight excluding hydrogens is 236 g/mol. The zero-order chi connectivity index (χ0) is 13.4. The molecule has 1 saturated carbocycles. The van der Waals surface area contributed by atoms with Gasteiger partial charge in [0.25, 0.3) is 0 Å². The first kappa shape index (κ1) is 12.9. The molecular formula is C16H24N2O. The largest absolute Gasteiger partial charge is 0.393 e. The van der Waals surface area contributed by atoms with Crippen LogP contribution in [0.15, 0.2) is 24.3 Å². The van der Waals surface area contributed by atoms with Crippen molar-refractivity contribution in [2.45, 2.75) is 38.3 Å². The van der Waals surface area contributed by atoms with Gasteiger partial charge in [-0.2, -0.15) is 0 Å². The van der Waals surface area contributed by atoms with Crippen LogP contribution in [0.25, 0.3) is 0 Å². The van der Waals surface area contributed by atoms with Crippen LogP contribution >= 0.6 is 0 Å².